The highest BCUT2D eigenvalue weighted by Crippen LogP contribution is 2.40. The summed E-state index contributed by atoms with van der Waals surface area (Å²) in [7, 11) is 1.38. The molecule has 30 heavy (non-hydrogen) atoms. The molecule has 2 aliphatic heterocycles. The largest absolute Gasteiger partial charge is 0.490 e. The van der Waals surface area contributed by atoms with Gasteiger partial charge in [0.25, 0.3) is 5.72 Å². The molecule has 0 amide bonds. The maximum Gasteiger partial charge on any atom is 0.310 e. The number of oxime groups is 1. The van der Waals surface area contributed by atoms with Crippen molar-refractivity contribution in [2.45, 2.75) is 18.6 Å². The molecule has 2 aromatic carbocycles. The second-order valence-corrected chi connectivity index (χ2v) is 7.07. The van der Waals surface area contributed by atoms with E-state index in [4.69, 9.17) is 9.57 Å². The SMILES string of the molecule is COc1cc(/C=C2\CCCN3C2=NOC3(CO)c2ccc(F)cc2)ccc1[N+](=O)[O-]. The number of aliphatic hydroxyl groups excluding tert-OH is 1. The smallest absolute Gasteiger partial charge is 0.310 e. The third-order valence-electron chi connectivity index (χ3n) is 5.34. The van der Waals surface area contributed by atoms with Gasteiger partial charge >= 0.3 is 5.69 Å². The van der Waals surface area contributed by atoms with Gasteiger partial charge in [0.05, 0.1) is 12.0 Å². The van der Waals surface area contributed by atoms with E-state index < -0.39 is 10.6 Å². The maximum atomic E-state index is 13.4. The van der Waals surface area contributed by atoms with Gasteiger partial charge in [-0.05, 0) is 66.5 Å². The Morgan fingerprint density at radius 1 is 1.37 bits per heavy atom. The molecule has 2 heterocycles. The van der Waals surface area contributed by atoms with E-state index in [1.54, 1.807) is 24.3 Å². The number of benzene rings is 2. The molecule has 0 bridgehead atoms. The Labute approximate surface area is 172 Å². The summed E-state index contributed by atoms with van der Waals surface area (Å²) in [4.78, 5) is 18.2. The van der Waals surface area contributed by atoms with E-state index in [9.17, 15) is 19.6 Å². The minimum absolute atomic E-state index is 0.109. The van der Waals surface area contributed by atoms with Gasteiger partial charge in [0, 0.05) is 18.2 Å². The predicted molar refractivity (Wildman–Crippen MR) is 107 cm³/mol. The Balaban J connectivity index is 1.68. The molecule has 0 aromatic heterocycles. The number of rotatable bonds is 5. The number of hydrogen-bond acceptors (Lipinski definition) is 7. The first-order chi connectivity index (χ1) is 14.5. The molecule has 1 atom stereocenters. The van der Waals surface area contributed by atoms with E-state index in [1.165, 1.54) is 25.3 Å². The minimum atomic E-state index is -1.21. The number of methoxy groups -OCH3 is 1. The third-order valence-corrected chi connectivity index (χ3v) is 5.34. The Bertz CT molecular complexity index is 1040. The first kappa shape index (κ1) is 19.8. The number of piperidine rings is 1. The van der Waals surface area contributed by atoms with Crippen molar-refractivity contribution in [3.63, 3.8) is 0 Å². The van der Waals surface area contributed by atoms with Crippen molar-refractivity contribution >= 4 is 17.6 Å². The molecule has 1 saturated heterocycles. The number of halogens is 1. The van der Waals surface area contributed by atoms with Gasteiger partial charge in [0.1, 0.15) is 12.4 Å². The zero-order valence-electron chi connectivity index (χ0n) is 16.2. The summed E-state index contributed by atoms with van der Waals surface area (Å²) in [5.41, 5.74) is 0.871. The lowest BCUT2D eigenvalue weighted by molar-refractivity contribution is -0.385. The maximum absolute atomic E-state index is 13.4. The van der Waals surface area contributed by atoms with Crippen LogP contribution >= 0.6 is 0 Å². The zero-order chi connectivity index (χ0) is 21.3. The summed E-state index contributed by atoms with van der Waals surface area (Å²) in [5.74, 6) is 0.372. The van der Waals surface area contributed by atoms with Crippen LogP contribution in [0.3, 0.4) is 0 Å². The van der Waals surface area contributed by atoms with Gasteiger partial charge in [-0.1, -0.05) is 5.16 Å². The van der Waals surface area contributed by atoms with E-state index >= 15 is 0 Å². The van der Waals surface area contributed by atoms with Gasteiger partial charge in [-0.25, -0.2) is 4.39 Å². The van der Waals surface area contributed by atoms with Crippen LogP contribution in [-0.4, -0.2) is 41.0 Å². The van der Waals surface area contributed by atoms with E-state index in [0.29, 0.717) is 17.9 Å². The molecular weight excluding hydrogens is 393 g/mol. The molecule has 0 radical (unpaired) electrons. The van der Waals surface area contributed by atoms with Gasteiger partial charge in [-0.15, -0.1) is 0 Å². The summed E-state index contributed by atoms with van der Waals surface area (Å²) >= 11 is 0. The van der Waals surface area contributed by atoms with Crippen LogP contribution in [0, 0.1) is 15.9 Å². The van der Waals surface area contributed by atoms with Crippen LogP contribution in [0.4, 0.5) is 10.1 Å². The van der Waals surface area contributed by atoms with Gasteiger partial charge in [0.15, 0.2) is 11.6 Å². The zero-order valence-corrected chi connectivity index (χ0v) is 16.2. The fourth-order valence-corrected chi connectivity index (χ4v) is 3.84. The molecular formula is C21H20FN3O5. The van der Waals surface area contributed by atoms with E-state index in [-0.39, 0.29) is 23.9 Å². The van der Waals surface area contributed by atoms with Crippen molar-refractivity contribution in [2.75, 3.05) is 20.3 Å². The van der Waals surface area contributed by atoms with Crippen molar-refractivity contribution in [3.8, 4) is 5.75 Å². The van der Waals surface area contributed by atoms with Crippen molar-refractivity contribution in [2.24, 2.45) is 5.16 Å². The van der Waals surface area contributed by atoms with Crippen LogP contribution in [0.2, 0.25) is 0 Å². The molecule has 2 aliphatic rings. The predicted octanol–water partition coefficient (Wildman–Crippen LogP) is 3.41. The number of aliphatic hydroxyl groups is 1. The number of hydrogen-bond donors (Lipinski definition) is 1. The van der Waals surface area contributed by atoms with E-state index in [1.807, 2.05) is 11.0 Å². The number of amidine groups is 1. The lowest BCUT2D eigenvalue weighted by Gasteiger charge is -2.38. The quantitative estimate of drug-likeness (QED) is 0.596. The summed E-state index contributed by atoms with van der Waals surface area (Å²) in [6.45, 7) is 0.252. The molecule has 9 heteroatoms. The number of fused-ring (bicyclic) bond motifs is 1. The fourth-order valence-electron chi connectivity index (χ4n) is 3.84. The second-order valence-electron chi connectivity index (χ2n) is 7.07. The monoisotopic (exact) mass is 413 g/mol. The minimum Gasteiger partial charge on any atom is -0.490 e. The van der Waals surface area contributed by atoms with Crippen molar-refractivity contribution in [3.05, 3.63) is 75.1 Å². The van der Waals surface area contributed by atoms with Crippen LogP contribution in [0.15, 0.2) is 53.2 Å². The van der Waals surface area contributed by atoms with Gasteiger partial charge in [-0.3, -0.25) is 10.1 Å². The van der Waals surface area contributed by atoms with Gasteiger partial charge in [0.2, 0.25) is 0 Å². The van der Waals surface area contributed by atoms with E-state index in [0.717, 1.165) is 24.0 Å². The lowest BCUT2D eigenvalue weighted by Crippen LogP contribution is -2.51. The molecule has 1 unspecified atom stereocenters. The fraction of sp³-hybridized carbons (Fsp3) is 0.286. The van der Waals surface area contributed by atoms with Gasteiger partial charge < -0.3 is 19.6 Å². The highest BCUT2D eigenvalue weighted by atomic mass is 19.1. The summed E-state index contributed by atoms with van der Waals surface area (Å²) in [6.07, 6.45) is 3.39. The van der Waals surface area contributed by atoms with E-state index in [2.05, 4.69) is 5.16 Å². The molecule has 0 aliphatic carbocycles. The summed E-state index contributed by atoms with van der Waals surface area (Å²) in [6, 6.07) is 10.4. The molecule has 2 aromatic rings. The molecule has 0 spiro atoms. The molecule has 1 fully saturated rings. The van der Waals surface area contributed by atoms with Crippen molar-refractivity contribution in [1.29, 1.82) is 0 Å². The Kier molecular flexibility index (Phi) is 5.13. The average molecular weight is 413 g/mol. The Morgan fingerprint density at radius 3 is 2.80 bits per heavy atom. The number of ether oxygens (including phenoxy) is 1. The third kappa shape index (κ3) is 3.26. The molecule has 4 rings (SSSR count). The molecule has 1 N–H and O–H groups in total. The van der Waals surface area contributed by atoms with Crippen LogP contribution in [-0.2, 0) is 10.6 Å². The van der Waals surface area contributed by atoms with Crippen LogP contribution in [0.5, 0.6) is 5.75 Å². The van der Waals surface area contributed by atoms with Crippen LogP contribution < -0.4 is 4.74 Å². The van der Waals surface area contributed by atoms with Gasteiger partial charge in [-0.2, -0.15) is 0 Å². The Morgan fingerprint density at radius 2 is 2.13 bits per heavy atom. The normalized spacial score (nSPS) is 21.8. The van der Waals surface area contributed by atoms with Crippen LogP contribution in [0.1, 0.15) is 24.0 Å². The molecule has 156 valence electrons. The van der Waals surface area contributed by atoms with Crippen LogP contribution in [0.25, 0.3) is 6.08 Å². The van der Waals surface area contributed by atoms with Crippen molar-refractivity contribution in [1.82, 2.24) is 4.90 Å². The number of nitro benzene ring substituents is 1. The second kappa shape index (κ2) is 7.75. The standard InChI is InChI=1S/C21H20FN3O5/c1-29-19-12-14(4-9-18(19)25(27)28)11-15-3-2-10-24-20(15)23-30-21(24,13-26)16-5-7-17(22)8-6-16/h4-9,11-12,26H,2-3,10,13H2,1H3/b15-11+. The first-order valence-electron chi connectivity index (χ1n) is 9.42. The number of nitrogens with zero attached hydrogens (tertiary/aromatic N) is 3. The number of nitro groups is 1. The molecule has 0 saturated carbocycles. The average Bonchev–Trinajstić information content (AvgIpc) is 3.15. The first-order valence-corrected chi connectivity index (χ1v) is 9.42. The highest BCUT2D eigenvalue weighted by molar-refractivity contribution is 6.03. The highest BCUT2D eigenvalue weighted by Gasteiger charge is 2.49. The molecule has 8 nitrogen and oxygen atoms in total. The summed E-state index contributed by atoms with van der Waals surface area (Å²) in [5, 5.41) is 25.5. The Hall–Kier alpha value is -3.46. The lowest BCUT2D eigenvalue weighted by atomic mass is 9.95. The summed E-state index contributed by atoms with van der Waals surface area (Å²) < 4.78 is 18.5. The van der Waals surface area contributed by atoms with Crippen molar-refractivity contribution < 1.29 is 24.0 Å². The topological polar surface area (TPSA) is 97.4 Å².